The highest BCUT2D eigenvalue weighted by Gasteiger charge is 2.36. The molecule has 0 spiro atoms. The van der Waals surface area contributed by atoms with Crippen LogP contribution in [0.15, 0.2) is 76.7 Å². The standard InChI is InChI=1S/C27H23ClN6O4S/c1-15(32-26-22-20(35)12-13-29-25(22)30-14-31-26)24-23(28)18-8-5-9-19(33-39(37,38)17-10-11-17)21(18)27(36)34(24)16-6-3-2-4-7-16/h2-9,12-15,17,33H,10-11H2,1H3,(H2,29,30,31,32,35)/t15-/m0/s1. The first-order valence-corrected chi connectivity index (χ1v) is 14.2. The summed E-state index contributed by atoms with van der Waals surface area (Å²) in [5.74, 6) is 0.281. The molecule has 1 aliphatic carbocycles. The second-order valence-corrected chi connectivity index (χ2v) is 11.7. The van der Waals surface area contributed by atoms with Crippen molar-refractivity contribution >= 4 is 54.9 Å². The third-order valence-corrected chi connectivity index (χ3v) is 8.98. The molecule has 0 bridgehead atoms. The lowest BCUT2D eigenvalue weighted by atomic mass is 10.1. The highest BCUT2D eigenvalue weighted by atomic mass is 35.5. The molecule has 12 heteroatoms. The minimum absolute atomic E-state index is 0.162. The minimum Gasteiger partial charge on any atom is -0.361 e. The number of nitrogens with zero attached hydrogens (tertiary/aromatic N) is 3. The Morgan fingerprint density at radius 3 is 2.54 bits per heavy atom. The molecule has 1 saturated carbocycles. The van der Waals surface area contributed by atoms with E-state index < -0.39 is 26.9 Å². The summed E-state index contributed by atoms with van der Waals surface area (Å²) in [6.45, 7) is 1.80. The summed E-state index contributed by atoms with van der Waals surface area (Å²) in [6.07, 6.45) is 4.01. The number of anilines is 2. The summed E-state index contributed by atoms with van der Waals surface area (Å²) < 4.78 is 29.6. The van der Waals surface area contributed by atoms with Crippen LogP contribution in [0.2, 0.25) is 5.02 Å². The molecule has 6 rings (SSSR count). The average molecular weight is 563 g/mol. The molecule has 5 aromatic rings. The van der Waals surface area contributed by atoms with Crippen LogP contribution in [0.4, 0.5) is 11.5 Å². The summed E-state index contributed by atoms with van der Waals surface area (Å²) in [4.78, 5) is 38.2. The number of H-pyrrole nitrogens is 1. The van der Waals surface area contributed by atoms with E-state index in [1.807, 2.05) is 6.07 Å². The molecular weight excluding hydrogens is 540 g/mol. The van der Waals surface area contributed by atoms with E-state index in [-0.39, 0.29) is 32.7 Å². The van der Waals surface area contributed by atoms with Gasteiger partial charge in [0.1, 0.15) is 23.2 Å². The Morgan fingerprint density at radius 1 is 1.03 bits per heavy atom. The summed E-state index contributed by atoms with van der Waals surface area (Å²) >= 11 is 7.02. The number of nitrogens with one attached hydrogen (secondary N) is 3. The topological polar surface area (TPSA) is 139 Å². The highest BCUT2D eigenvalue weighted by Crippen LogP contribution is 2.36. The lowest BCUT2D eigenvalue weighted by Crippen LogP contribution is -2.28. The summed E-state index contributed by atoms with van der Waals surface area (Å²) in [7, 11) is -3.63. The minimum atomic E-state index is -3.63. The van der Waals surface area contributed by atoms with Crippen LogP contribution in [0.25, 0.3) is 27.5 Å². The van der Waals surface area contributed by atoms with Gasteiger partial charge in [-0.15, -0.1) is 0 Å². The lowest BCUT2D eigenvalue weighted by Gasteiger charge is -2.24. The van der Waals surface area contributed by atoms with Crippen LogP contribution in [0.1, 0.15) is 31.5 Å². The number of fused-ring (bicyclic) bond motifs is 2. The van der Waals surface area contributed by atoms with Crippen LogP contribution in [0.3, 0.4) is 0 Å². The van der Waals surface area contributed by atoms with Gasteiger partial charge in [-0.05, 0) is 38.0 Å². The molecular formula is C27H23ClN6O4S. The third kappa shape index (κ3) is 4.43. The summed E-state index contributed by atoms with van der Waals surface area (Å²) in [5.41, 5.74) is 0.795. The Labute approximate surface area is 227 Å². The van der Waals surface area contributed by atoms with Gasteiger partial charge in [0.15, 0.2) is 5.43 Å². The van der Waals surface area contributed by atoms with E-state index in [1.165, 1.54) is 23.2 Å². The lowest BCUT2D eigenvalue weighted by molar-refractivity contribution is 0.600. The maximum atomic E-state index is 14.2. The zero-order chi connectivity index (χ0) is 27.3. The molecule has 39 heavy (non-hydrogen) atoms. The third-order valence-electron chi connectivity index (χ3n) is 6.73. The predicted octanol–water partition coefficient (Wildman–Crippen LogP) is 4.35. The molecule has 0 aliphatic heterocycles. The van der Waals surface area contributed by atoms with E-state index in [0.29, 0.717) is 35.3 Å². The fourth-order valence-corrected chi connectivity index (χ4v) is 6.54. The van der Waals surface area contributed by atoms with Crippen molar-refractivity contribution in [1.82, 2.24) is 19.5 Å². The van der Waals surface area contributed by atoms with Crippen molar-refractivity contribution in [3.8, 4) is 5.69 Å². The Bertz CT molecular complexity index is 1970. The number of sulfonamides is 1. The number of aromatic nitrogens is 4. The quantitative estimate of drug-likeness (QED) is 0.268. The molecule has 0 saturated heterocycles. The largest absolute Gasteiger partial charge is 0.361 e. The van der Waals surface area contributed by atoms with Gasteiger partial charge in [0.05, 0.1) is 33.1 Å². The number of hydrogen-bond acceptors (Lipinski definition) is 7. The highest BCUT2D eigenvalue weighted by molar-refractivity contribution is 7.93. The molecule has 10 nitrogen and oxygen atoms in total. The maximum Gasteiger partial charge on any atom is 0.265 e. The normalized spacial score (nSPS) is 14.4. The van der Waals surface area contributed by atoms with Crippen molar-refractivity contribution in [2.45, 2.75) is 31.1 Å². The molecule has 1 aliphatic rings. The van der Waals surface area contributed by atoms with Gasteiger partial charge in [0.25, 0.3) is 5.56 Å². The first-order chi connectivity index (χ1) is 18.8. The Kier molecular flexibility index (Phi) is 6.12. The molecule has 3 N–H and O–H groups in total. The van der Waals surface area contributed by atoms with Crippen LogP contribution in [0.5, 0.6) is 0 Å². The number of halogens is 1. The molecule has 0 amide bonds. The van der Waals surface area contributed by atoms with Crippen LogP contribution in [0, 0.1) is 0 Å². The number of hydrogen-bond donors (Lipinski definition) is 3. The summed E-state index contributed by atoms with van der Waals surface area (Å²) in [5, 5.41) is 3.86. The van der Waals surface area contributed by atoms with Crippen molar-refractivity contribution in [1.29, 1.82) is 0 Å². The van der Waals surface area contributed by atoms with Gasteiger partial charge in [-0.25, -0.2) is 18.4 Å². The van der Waals surface area contributed by atoms with E-state index in [0.717, 1.165) is 0 Å². The van der Waals surface area contributed by atoms with E-state index in [9.17, 15) is 18.0 Å². The van der Waals surface area contributed by atoms with Crippen LogP contribution >= 0.6 is 11.6 Å². The zero-order valence-electron chi connectivity index (χ0n) is 20.7. The molecule has 3 heterocycles. The van der Waals surface area contributed by atoms with Crippen molar-refractivity contribution < 1.29 is 8.42 Å². The van der Waals surface area contributed by atoms with E-state index in [4.69, 9.17) is 11.6 Å². The van der Waals surface area contributed by atoms with Crippen LogP contribution in [-0.4, -0.2) is 33.2 Å². The molecule has 0 radical (unpaired) electrons. The monoisotopic (exact) mass is 562 g/mol. The first kappa shape index (κ1) is 25.1. The predicted molar refractivity (Wildman–Crippen MR) is 152 cm³/mol. The number of rotatable bonds is 7. The molecule has 3 aromatic heterocycles. The number of benzene rings is 2. The molecule has 0 unspecified atom stereocenters. The van der Waals surface area contributed by atoms with Crippen molar-refractivity contribution in [2.75, 3.05) is 10.0 Å². The maximum absolute atomic E-state index is 14.2. The number of para-hydroxylation sites is 1. The van der Waals surface area contributed by atoms with Crippen LogP contribution in [-0.2, 0) is 10.0 Å². The average Bonchev–Trinajstić information content (AvgIpc) is 3.78. The van der Waals surface area contributed by atoms with Crippen molar-refractivity contribution in [3.63, 3.8) is 0 Å². The fraction of sp³-hybridized carbons (Fsp3) is 0.185. The Morgan fingerprint density at radius 2 is 1.79 bits per heavy atom. The second kappa shape index (κ2) is 9.51. The Hall–Kier alpha value is -4.22. The van der Waals surface area contributed by atoms with Gasteiger partial charge in [0.2, 0.25) is 10.0 Å². The van der Waals surface area contributed by atoms with Crippen molar-refractivity contribution in [3.05, 3.63) is 98.4 Å². The molecule has 2 aromatic carbocycles. The smallest absolute Gasteiger partial charge is 0.265 e. The zero-order valence-corrected chi connectivity index (χ0v) is 22.3. The summed E-state index contributed by atoms with van der Waals surface area (Å²) in [6, 6.07) is 14.6. The SMILES string of the molecule is C[C@H](Nc1ncnc2[nH]ccc(=O)c12)c1c(Cl)c2cccc(NS(=O)(=O)C3CC3)c2c(=O)n1-c1ccccc1. The first-order valence-electron chi connectivity index (χ1n) is 12.3. The van der Waals surface area contributed by atoms with E-state index >= 15 is 0 Å². The van der Waals surface area contributed by atoms with Crippen LogP contribution < -0.4 is 21.0 Å². The number of pyridine rings is 2. The molecule has 1 atom stereocenters. The van der Waals surface area contributed by atoms with E-state index in [1.54, 1.807) is 49.4 Å². The second-order valence-electron chi connectivity index (χ2n) is 9.40. The van der Waals surface area contributed by atoms with Gasteiger partial charge < -0.3 is 10.3 Å². The van der Waals surface area contributed by atoms with Gasteiger partial charge in [-0.2, -0.15) is 0 Å². The van der Waals surface area contributed by atoms with Gasteiger partial charge >= 0.3 is 0 Å². The molecule has 1 fully saturated rings. The van der Waals surface area contributed by atoms with E-state index in [2.05, 4.69) is 25.0 Å². The van der Waals surface area contributed by atoms with Gasteiger partial charge in [-0.3, -0.25) is 18.9 Å². The number of aromatic amines is 1. The van der Waals surface area contributed by atoms with Gasteiger partial charge in [0, 0.05) is 23.3 Å². The fourth-order valence-electron chi connectivity index (χ4n) is 4.73. The Balaban J connectivity index is 1.57. The van der Waals surface area contributed by atoms with Crippen molar-refractivity contribution in [2.24, 2.45) is 0 Å². The van der Waals surface area contributed by atoms with Gasteiger partial charge in [-0.1, -0.05) is 41.9 Å². The molecule has 198 valence electrons.